The van der Waals surface area contributed by atoms with Gasteiger partial charge in [0.1, 0.15) is 11.6 Å². The minimum Gasteiger partial charge on any atom is -0.378 e. The molecule has 0 atom stereocenters. The van der Waals surface area contributed by atoms with Crippen molar-refractivity contribution in [3.63, 3.8) is 0 Å². The van der Waals surface area contributed by atoms with Crippen LogP contribution >= 0.6 is 12.2 Å². The first-order valence-corrected chi connectivity index (χ1v) is 11.7. The predicted octanol–water partition coefficient (Wildman–Crippen LogP) is 3.63. The minimum atomic E-state index is 0.505. The van der Waals surface area contributed by atoms with Crippen molar-refractivity contribution in [3.8, 4) is 0 Å². The van der Waals surface area contributed by atoms with Crippen molar-refractivity contribution in [1.82, 2.24) is 15.3 Å². The van der Waals surface area contributed by atoms with Gasteiger partial charge in [0.05, 0.1) is 13.2 Å². The molecule has 3 heterocycles. The average molecular weight is 461 g/mol. The molecule has 0 spiro atoms. The standard InChI is InChI=1S/C25H28N6OS/c1-18-6-8-19(9-7-18)15-26-25(33)29-24-27-22(30-10-12-32-13-11-30)14-23(28-24)31-16-20-4-2-3-5-21(20)17-31/h2-9,14H,10-13,15-17H2,1H3,(H2,26,27,28,29,33). The largest absolute Gasteiger partial charge is 0.378 e. The Bertz CT molecular complexity index is 1100. The highest BCUT2D eigenvalue weighted by Gasteiger charge is 2.23. The van der Waals surface area contributed by atoms with Crippen molar-refractivity contribution in [3.05, 3.63) is 76.9 Å². The van der Waals surface area contributed by atoms with Gasteiger partial charge < -0.3 is 25.2 Å². The van der Waals surface area contributed by atoms with Crippen molar-refractivity contribution in [2.75, 3.05) is 41.4 Å². The topological polar surface area (TPSA) is 65.6 Å². The first-order chi connectivity index (χ1) is 16.1. The van der Waals surface area contributed by atoms with Crippen molar-refractivity contribution in [2.45, 2.75) is 26.6 Å². The van der Waals surface area contributed by atoms with E-state index < -0.39 is 0 Å². The van der Waals surface area contributed by atoms with Crippen LogP contribution in [0.25, 0.3) is 0 Å². The molecule has 2 aromatic carbocycles. The quantitative estimate of drug-likeness (QED) is 0.560. The second-order valence-corrected chi connectivity index (χ2v) is 8.83. The van der Waals surface area contributed by atoms with Crippen LogP contribution in [0.15, 0.2) is 54.6 Å². The molecule has 3 aromatic rings. The van der Waals surface area contributed by atoms with Crippen molar-refractivity contribution < 1.29 is 4.74 Å². The van der Waals surface area contributed by atoms with Gasteiger partial charge in [-0.25, -0.2) is 0 Å². The molecule has 170 valence electrons. The lowest BCUT2D eigenvalue weighted by atomic mass is 10.1. The Morgan fingerprint density at radius 3 is 2.24 bits per heavy atom. The van der Waals surface area contributed by atoms with Crippen LogP contribution in [0.1, 0.15) is 22.3 Å². The van der Waals surface area contributed by atoms with Gasteiger partial charge in [0.25, 0.3) is 0 Å². The summed E-state index contributed by atoms with van der Waals surface area (Å²) in [7, 11) is 0. The fourth-order valence-corrected chi connectivity index (χ4v) is 4.29. The van der Waals surface area contributed by atoms with E-state index in [9.17, 15) is 0 Å². The van der Waals surface area contributed by atoms with Crippen molar-refractivity contribution in [1.29, 1.82) is 0 Å². The van der Waals surface area contributed by atoms with E-state index in [0.29, 0.717) is 30.8 Å². The van der Waals surface area contributed by atoms with Gasteiger partial charge in [0.2, 0.25) is 5.95 Å². The Labute approximate surface area is 199 Å². The molecule has 2 aliphatic heterocycles. The molecule has 1 aromatic heterocycles. The zero-order valence-corrected chi connectivity index (χ0v) is 19.6. The van der Waals surface area contributed by atoms with E-state index in [1.165, 1.54) is 22.3 Å². The predicted molar refractivity (Wildman–Crippen MR) is 136 cm³/mol. The van der Waals surface area contributed by atoms with Crippen molar-refractivity contribution >= 4 is 34.9 Å². The molecular weight excluding hydrogens is 432 g/mol. The van der Waals surface area contributed by atoms with Gasteiger partial charge in [-0.2, -0.15) is 9.97 Å². The molecule has 7 nitrogen and oxygen atoms in total. The van der Waals surface area contributed by atoms with Crippen LogP contribution in [0.5, 0.6) is 0 Å². The highest BCUT2D eigenvalue weighted by atomic mass is 32.1. The highest BCUT2D eigenvalue weighted by Crippen LogP contribution is 2.29. The summed E-state index contributed by atoms with van der Waals surface area (Å²) in [5, 5.41) is 6.97. The Kier molecular flexibility index (Phi) is 6.37. The number of morpholine rings is 1. The lowest BCUT2D eigenvalue weighted by Crippen LogP contribution is -2.37. The zero-order valence-electron chi connectivity index (χ0n) is 18.8. The number of fused-ring (bicyclic) bond motifs is 1. The van der Waals surface area contributed by atoms with Crippen LogP contribution < -0.4 is 20.4 Å². The smallest absolute Gasteiger partial charge is 0.232 e. The van der Waals surface area contributed by atoms with E-state index in [1.54, 1.807) is 0 Å². The van der Waals surface area contributed by atoms with Gasteiger partial charge >= 0.3 is 0 Å². The summed E-state index contributed by atoms with van der Waals surface area (Å²) in [5.74, 6) is 2.29. The number of nitrogens with zero attached hydrogens (tertiary/aromatic N) is 4. The van der Waals surface area contributed by atoms with Crippen LogP contribution in [0.3, 0.4) is 0 Å². The molecule has 8 heteroatoms. The summed E-state index contributed by atoms with van der Waals surface area (Å²) >= 11 is 5.55. The number of ether oxygens (including phenoxy) is 1. The molecule has 2 aliphatic rings. The number of anilines is 3. The van der Waals surface area contributed by atoms with E-state index >= 15 is 0 Å². The molecule has 0 unspecified atom stereocenters. The second-order valence-electron chi connectivity index (χ2n) is 8.43. The van der Waals surface area contributed by atoms with E-state index in [0.717, 1.165) is 37.8 Å². The molecule has 0 bridgehead atoms. The summed E-state index contributed by atoms with van der Waals surface area (Å²) in [6.07, 6.45) is 0. The number of thiocarbonyl (C=S) groups is 1. The van der Waals surface area contributed by atoms with Gasteiger partial charge in [0, 0.05) is 38.8 Å². The van der Waals surface area contributed by atoms with Gasteiger partial charge in [-0.3, -0.25) is 0 Å². The third-order valence-corrected chi connectivity index (χ3v) is 6.24. The van der Waals surface area contributed by atoms with E-state index in [1.807, 2.05) is 0 Å². The Hall–Kier alpha value is -3.23. The summed E-state index contributed by atoms with van der Waals surface area (Å²) in [5.41, 5.74) is 5.09. The van der Waals surface area contributed by atoms with Crippen LogP contribution in [0.2, 0.25) is 0 Å². The Morgan fingerprint density at radius 1 is 0.939 bits per heavy atom. The molecule has 33 heavy (non-hydrogen) atoms. The number of benzene rings is 2. The zero-order chi connectivity index (χ0) is 22.6. The molecule has 1 fully saturated rings. The first-order valence-electron chi connectivity index (χ1n) is 11.3. The Balaban J connectivity index is 1.33. The van der Waals surface area contributed by atoms with Crippen LogP contribution in [-0.4, -0.2) is 41.4 Å². The lowest BCUT2D eigenvalue weighted by molar-refractivity contribution is 0.122. The van der Waals surface area contributed by atoms with Gasteiger partial charge in [0.15, 0.2) is 5.11 Å². The van der Waals surface area contributed by atoms with E-state index in [2.05, 4.69) is 82.0 Å². The lowest BCUT2D eigenvalue weighted by Gasteiger charge is -2.29. The normalized spacial score (nSPS) is 15.3. The first kappa shape index (κ1) is 21.6. The summed E-state index contributed by atoms with van der Waals surface area (Å²) in [4.78, 5) is 14.1. The molecule has 1 saturated heterocycles. The molecule has 0 aliphatic carbocycles. The summed E-state index contributed by atoms with van der Waals surface area (Å²) in [6, 6.07) is 19.0. The number of rotatable bonds is 5. The SMILES string of the molecule is Cc1ccc(CNC(=S)Nc2nc(N3CCOCC3)cc(N3Cc4ccccc4C3)n2)cc1. The van der Waals surface area contributed by atoms with E-state index in [4.69, 9.17) is 26.9 Å². The van der Waals surface area contributed by atoms with Gasteiger partial charge in [-0.05, 0) is 35.8 Å². The number of aromatic nitrogens is 2. The number of hydrogen-bond donors (Lipinski definition) is 2. The maximum atomic E-state index is 5.55. The molecular formula is C25H28N6OS. The molecule has 0 amide bonds. The number of nitrogens with one attached hydrogen (secondary N) is 2. The maximum Gasteiger partial charge on any atom is 0.232 e. The summed E-state index contributed by atoms with van der Waals surface area (Å²) in [6.45, 7) is 7.43. The third-order valence-electron chi connectivity index (χ3n) is 6.00. The molecule has 0 saturated carbocycles. The van der Waals surface area contributed by atoms with Crippen LogP contribution in [-0.2, 0) is 24.4 Å². The van der Waals surface area contributed by atoms with Gasteiger partial charge in [-0.1, -0.05) is 54.1 Å². The van der Waals surface area contributed by atoms with Crippen LogP contribution in [0, 0.1) is 6.92 Å². The third kappa shape index (κ3) is 5.23. The monoisotopic (exact) mass is 460 g/mol. The average Bonchev–Trinajstić information content (AvgIpc) is 3.29. The minimum absolute atomic E-state index is 0.505. The number of hydrogen-bond acceptors (Lipinski definition) is 6. The second kappa shape index (κ2) is 9.72. The van der Waals surface area contributed by atoms with Crippen LogP contribution in [0.4, 0.5) is 17.6 Å². The molecule has 0 radical (unpaired) electrons. The maximum absolute atomic E-state index is 5.55. The van der Waals surface area contributed by atoms with E-state index in [-0.39, 0.29) is 0 Å². The van der Waals surface area contributed by atoms with Crippen molar-refractivity contribution in [2.24, 2.45) is 0 Å². The number of aryl methyl sites for hydroxylation is 1. The highest BCUT2D eigenvalue weighted by molar-refractivity contribution is 7.80. The fraction of sp³-hybridized carbons (Fsp3) is 0.320. The molecule has 5 rings (SSSR count). The Morgan fingerprint density at radius 2 is 1.58 bits per heavy atom. The van der Waals surface area contributed by atoms with Gasteiger partial charge in [-0.15, -0.1) is 0 Å². The fourth-order valence-electron chi connectivity index (χ4n) is 4.12. The summed E-state index contributed by atoms with van der Waals surface area (Å²) < 4.78 is 5.53. The molecule has 2 N–H and O–H groups in total.